The standard InChI is InChI=1S/C52H82N4/c1-3-5-7-9-11-13-15-17-21-25-37-53-41-29-49(30-42-53)51-33-45-55(46-34-51)39-27-23-19-20-24-28-40-56-47-35-52(36-48-56)50-31-43-54(44-32-50)38-26-22-18-16-14-12-10-8-6-4-2/h29-36,41-48H,3-28,37-40H2,1-2H3/q+4. The van der Waals surface area contributed by atoms with Gasteiger partial charge in [0.25, 0.3) is 0 Å². The maximum Gasteiger partial charge on any atom is 0.169 e. The molecule has 0 bridgehead atoms. The molecule has 4 heteroatoms. The number of nitrogens with zero attached hydrogens (tertiary/aromatic N) is 4. The summed E-state index contributed by atoms with van der Waals surface area (Å²) >= 11 is 0. The zero-order valence-corrected chi connectivity index (χ0v) is 36.2. The molecule has 306 valence electrons. The molecule has 0 saturated heterocycles. The molecule has 0 aromatic carbocycles. The van der Waals surface area contributed by atoms with Crippen molar-refractivity contribution in [3.8, 4) is 22.3 Å². The average molecular weight is 763 g/mol. The third kappa shape index (κ3) is 19.6. The van der Waals surface area contributed by atoms with Gasteiger partial charge in [0.1, 0.15) is 26.2 Å². The molecule has 56 heavy (non-hydrogen) atoms. The molecule has 0 radical (unpaired) electrons. The van der Waals surface area contributed by atoms with Gasteiger partial charge in [-0.2, -0.15) is 0 Å². The Morgan fingerprint density at radius 3 is 0.571 bits per heavy atom. The van der Waals surface area contributed by atoms with Gasteiger partial charge in [0.2, 0.25) is 0 Å². The number of aryl methyl sites for hydroxylation is 4. The highest BCUT2D eigenvalue weighted by Crippen LogP contribution is 2.18. The molecule has 0 spiro atoms. The molecule has 0 fully saturated rings. The van der Waals surface area contributed by atoms with Crippen LogP contribution >= 0.6 is 0 Å². The molecule has 4 aromatic rings. The van der Waals surface area contributed by atoms with Gasteiger partial charge in [-0.1, -0.05) is 129 Å². The molecule has 4 rings (SSSR count). The molecule has 0 N–H and O–H groups in total. The number of unbranched alkanes of at least 4 members (excludes halogenated alkanes) is 23. The molecule has 0 amide bonds. The number of rotatable bonds is 33. The normalized spacial score (nSPS) is 11.4. The molecule has 0 saturated carbocycles. The SMILES string of the molecule is CCCCCCCCCCCC[n+]1ccc(-c2cc[n+](CCCCCCCC[n+]3ccc(-c4cc[n+](CCCCCCCCCCCC)cc4)cc3)cc2)cc1. The lowest BCUT2D eigenvalue weighted by Crippen LogP contribution is -2.33. The third-order valence-electron chi connectivity index (χ3n) is 11.9. The van der Waals surface area contributed by atoms with Crippen LogP contribution in [-0.2, 0) is 26.2 Å². The molecule has 0 unspecified atom stereocenters. The summed E-state index contributed by atoms with van der Waals surface area (Å²) in [6, 6.07) is 18.2. The van der Waals surface area contributed by atoms with E-state index in [1.165, 1.54) is 189 Å². The van der Waals surface area contributed by atoms with Crippen molar-refractivity contribution in [2.45, 2.75) is 207 Å². The summed E-state index contributed by atoms with van der Waals surface area (Å²) in [5.74, 6) is 0. The predicted octanol–water partition coefficient (Wildman–Crippen LogP) is 13.1. The fourth-order valence-electron chi connectivity index (χ4n) is 8.05. The lowest BCUT2D eigenvalue weighted by atomic mass is 10.1. The van der Waals surface area contributed by atoms with Crippen molar-refractivity contribution in [3.63, 3.8) is 0 Å². The fourth-order valence-corrected chi connectivity index (χ4v) is 8.05. The van der Waals surface area contributed by atoms with Crippen LogP contribution in [0.5, 0.6) is 0 Å². The predicted molar refractivity (Wildman–Crippen MR) is 236 cm³/mol. The van der Waals surface area contributed by atoms with Crippen molar-refractivity contribution in [2.75, 3.05) is 0 Å². The highest BCUT2D eigenvalue weighted by atomic mass is 14.9. The van der Waals surface area contributed by atoms with Crippen LogP contribution in [0, 0.1) is 0 Å². The second-order valence-corrected chi connectivity index (χ2v) is 16.8. The van der Waals surface area contributed by atoms with Crippen LogP contribution < -0.4 is 18.3 Å². The number of hydrogen-bond acceptors (Lipinski definition) is 0. The Balaban J connectivity index is 0.987. The fraction of sp³-hybridized carbons (Fsp3) is 0.615. The average Bonchev–Trinajstić information content (AvgIpc) is 3.24. The van der Waals surface area contributed by atoms with E-state index < -0.39 is 0 Å². The van der Waals surface area contributed by atoms with Crippen LogP contribution in [0.1, 0.15) is 181 Å². The van der Waals surface area contributed by atoms with Crippen molar-refractivity contribution < 1.29 is 18.3 Å². The van der Waals surface area contributed by atoms with E-state index in [4.69, 9.17) is 0 Å². The second-order valence-electron chi connectivity index (χ2n) is 16.8. The largest absolute Gasteiger partial charge is 0.205 e. The molecule has 0 atom stereocenters. The molecular formula is C52H82N4+4. The highest BCUT2D eigenvalue weighted by Gasteiger charge is 2.08. The Morgan fingerprint density at radius 2 is 0.393 bits per heavy atom. The summed E-state index contributed by atoms with van der Waals surface area (Å²) in [5, 5.41) is 0. The van der Waals surface area contributed by atoms with E-state index in [9.17, 15) is 0 Å². The van der Waals surface area contributed by atoms with Crippen molar-refractivity contribution in [2.24, 2.45) is 0 Å². The van der Waals surface area contributed by atoms with Crippen LogP contribution in [0.15, 0.2) is 98.1 Å². The van der Waals surface area contributed by atoms with Crippen LogP contribution in [0.2, 0.25) is 0 Å². The van der Waals surface area contributed by atoms with Gasteiger partial charge >= 0.3 is 0 Å². The van der Waals surface area contributed by atoms with Gasteiger partial charge in [0.05, 0.1) is 0 Å². The molecule has 4 nitrogen and oxygen atoms in total. The van der Waals surface area contributed by atoms with Crippen molar-refractivity contribution in [1.29, 1.82) is 0 Å². The highest BCUT2D eigenvalue weighted by molar-refractivity contribution is 5.61. The lowest BCUT2D eigenvalue weighted by molar-refractivity contribution is -0.697. The topological polar surface area (TPSA) is 15.5 Å². The Kier molecular flexibility index (Phi) is 24.1. The van der Waals surface area contributed by atoms with Gasteiger partial charge in [-0.15, -0.1) is 0 Å². The Morgan fingerprint density at radius 1 is 0.232 bits per heavy atom. The second kappa shape index (κ2) is 29.8. The van der Waals surface area contributed by atoms with E-state index in [1.54, 1.807) is 0 Å². The third-order valence-corrected chi connectivity index (χ3v) is 11.9. The first-order chi connectivity index (χ1) is 27.7. The van der Waals surface area contributed by atoms with Crippen LogP contribution in [-0.4, -0.2) is 0 Å². The first-order valence-corrected chi connectivity index (χ1v) is 23.7. The minimum Gasteiger partial charge on any atom is -0.205 e. The summed E-state index contributed by atoms with van der Waals surface area (Å²) in [6.45, 7) is 9.07. The van der Waals surface area contributed by atoms with Gasteiger partial charge in [-0.25, -0.2) is 18.3 Å². The molecule has 0 aliphatic rings. The number of hydrogen-bond donors (Lipinski definition) is 0. The zero-order valence-electron chi connectivity index (χ0n) is 36.2. The minimum atomic E-state index is 1.11. The van der Waals surface area contributed by atoms with E-state index in [-0.39, 0.29) is 0 Å². The van der Waals surface area contributed by atoms with Gasteiger partial charge in [0, 0.05) is 74.2 Å². The lowest BCUT2D eigenvalue weighted by Gasteiger charge is -2.03. The molecule has 0 aliphatic heterocycles. The Labute approximate surface area is 344 Å². The zero-order chi connectivity index (χ0) is 39.1. The van der Waals surface area contributed by atoms with E-state index in [2.05, 4.69) is 130 Å². The van der Waals surface area contributed by atoms with E-state index in [0.717, 1.165) is 26.2 Å². The van der Waals surface area contributed by atoms with E-state index >= 15 is 0 Å². The molecule has 0 aliphatic carbocycles. The van der Waals surface area contributed by atoms with E-state index in [0.29, 0.717) is 0 Å². The van der Waals surface area contributed by atoms with Gasteiger partial charge in [-0.05, 0) is 47.9 Å². The first kappa shape index (κ1) is 45.3. The molecule has 4 aromatic heterocycles. The minimum absolute atomic E-state index is 1.11. The maximum atomic E-state index is 2.35. The van der Waals surface area contributed by atoms with Crippen molar-refractivity contribution in [3.05, 3.63) is 98.1 Å². The molecular weight excluding hydrogens is 681 g/mol. The Bertz CT molecular complexity index is 1380. The number of aromatic nitrogens is 4. The first-order valence-electron chi connectivity index (χ1n) is 23.7. The molecule has 4 heterocycles. The van der Waals surface area contributed by atoms with Crippen molar-refractivity contribution in [1.82, 2.24) is 0 Å². The maximum absolute atomic E-state index is 2.35. The quantitative estimate of drug-likeness (QED) is 0.0339. The van der Waals surface area contributed by atoms with Crippen molar-refractivity contribution >= 4 is 0 Å². The smallest absolute Gasteiger partial charge is 0.169 e. The number of pyridine rings is 4. The Hall–Kier alpha value is -3.40. The van der Waals surface area contributed by atoms with Crippen LogP contribution in [0.4, 0.5) is 0 Å². The van der Waals surface area contributed by atoms with Gasteiger partial charge < -0.3 is 0 Å². The van der Waals surface area contributed by atoms with Crippen LogP contribution in [0.3, 0.4) is 0 Å². The van der Waals surface area contributed by atoms with Gasteiger partial charge in [-0.3, -0.25) is 0 Å². The summed E-state index contributed by atoms with van der Waals surface area (Å²) in [5.41, 5.74) is 5.24. The summed E-state index contributed by atoms with van der Waals surface area (Å²) in [6.07, 6.45) is 53.7. The van der Waals surface area contributed by atoms with Gasteiger partial charge in [0.15, 0.2) is 49.6 Å². The summed E-state index contributed by atoms with van der Waals surface area (Å²) in [4.78, 5) is 0. The summed E-state index contributed by atoms with van der Waals surface area (Å²) < 4.78 is 9.41. The van der Waals surface area contributed by atoms with Crippen LogP contribution in [0.25, 0.3) is 22.3 Å². The summed E-state index contributed by atoms with van der Waals surface area (Å²) in [7, 11) is 0. The van der Waals surface area contributed by atoms with E-state index in [1.807, 2.05) is 0 Å². The monoisotopic (exact) mass is 763 g/mol.